The van der Waals surface area contributed by atoms with Gasteiger partial charge in [0.25, 0.3) is 0 Å². The van der Waals surface area contributed by atoms with Crippen LogP contribution in [0.25, 0.3) is 67.5 Å². The van der Waals surface area contributed by atoms with Crippen LogP contribution in [-0.4, -0.2) is 15.0 Å². The number of nitrogens with zero attached hydrogens (tertiary/aromatic N) is 3. The Balaban J connectivity index is 0.997. The number of allylic oxidation sites excluding steroid dienone is 8. The van der Waals surface area contributed by atoms with Crippen molar-refractivity contribution in [2.24, 2.45) is 0 Å². The molecular formula is C53H37N3O. The SMILES string of the molecule is C1=CC(c2nc(-c3cccc(-c4ccc5c(c4)OC4=CCCC=C4C54c5ccccc5-c5ccccc54)c3)nc(-c3cc4c5c(cccc5c3)CC=C4)n2)=CCC1. The number of hydrogen-bond acceptors (Lipinski definition) is 4. The summed E-state index contributed by atoms with van der Waals surface area (Å²) in [5.74, 6) is 3.90. The zero-order valence-corrected chi connectivity index (χ0v) is 31.4. The summed E-state index contributed by atoms with van der Waals surface area (Å²) in [6.45, 7) is 0. The van der Waals surface area contributed by atoms with Crippen LogP contribution in [0.4, 0.5) is 0 Å². The second kappa shape index (κ2) is 12.6. The van der Waals surface area contributed by atoms with Gasteiger partial charge in [-0.15, -0.1) is 0 Å². The minimum absolute atomic E-state index is 0.439. The predicted octanol–water partition coefficient (Wildman–Crippen LogP) is 12.6. The maximum absolute atomic E-state index is 6.88. The van der Waals surface area contributed by atoms with Crippen molar-refractivity contribution in [2.75, 3.05) is 0 Å². The average Bonchev–Trinajstić information content (AvgIpc) is 3.57. The van der Waals surface area contributed by atoms with Crippen molar-refractivity contribution in [2.45, 2.75) is 37.5 Å². The minimum atomic E-state index is -0.439. The maximum Gasteiger partial charge on any atom is 0.164 e. The summed E-state index contributed by atoms with van der Waals surface area (Å²) in [4.78, 5) is 15.4. The molecule has 0 saturated heterocycles. The van der Waals surface area contributed by atoms with Gasteiger partial charge in [-0.1, -0.05) is 134 Å². The minimum Gasteiger partial charge on any atom is -0.457 e. The van der Waals surface area contributed by atoms with Crippen LogP contribution in [0.3, 0.4) is 0 Å². The predicted molar refractivity (Wildman–Crippen MR) is 231 cm³/mol. The van der Waals surface area contributed by atoms with Crippen molar-refractivity contribution in [1.82, 2.24) is 15.0 Å². The molecule has 6 aromatic carbocycles. The molecule has 270 valence electrons. The van der Waals surface area contributed by atoms with Gasteiger partial charge < -0.3 is 4.74 Å². The van der Waals surface area contributed by atoms with E-state index in [4.69, 9.17) is 19.7 Å². The van der Waals surface area contributed by atoms with Crippen molar-refractivity contribution < 1.29 is 4.74 Å². The fourth-order valence-corrected chi connectivity index (χ4v) is 9.93. The van der Waals surface area contributed by atoms with Crippen molar-refractivity contribution in [3.8, 4) is 50.8 Å². The fraction of sp³-hybridized carbons (Fsp3) is 0.113. The highest BCUT2D eigenvalue weighted by molar-refractivity contribution is 5.98. The molecule has 7 aromatic rings. The van der Waals surface area contributed by atoms with Crippen LogP contribution in [0.1, 0.15) is 59.3 Å². The van der Waals surface area contributed by atoms with E-state index < -0.39 is 5.41 Å². The molecule has 0 atom stereocenters. The van der Waals surface area contributed by atoms with Crippen LogP contribution < -0.4 is 4.74 Å². The van der Waals surface area contributed by atoms with Crippen molar-refractivity contribution in [3.63, 3.8) is 0 Å². The number of hydrogen-bond donors (Lipinski definition) is 0. The smallest absolute Gasteiger partial charge is 0.164 e. The molecule has 2 heterocycles. The summed E-state index contributed by atoms with van der Waals surface area (Å²) in [5, 5.41) is 2.52. The molecule has 57 heavy (non-hydrogen) atoms. The molecule has 1 aromatic heterocycles. The van der Waals surface area contributed by atoms with Crippen molar-refractivity contribution >= 4 is 22.4 Å². The van der Waals surface area contributed by atoms with Gasteiger partial charge >= 0.3 is 0 Å². The first kappa shape index (κ1) is 32.3. The highest BCUT2D eigenvalue weighted by atomic mass is 16.5. The Kier molecular flexibility index (Phi) is 7.12. The van der Waals surface area contributed by atoms with Gasteiger partial charge in [0, 0.05) is 27.8 Å². The number of ether oxygens (including phenoxy) is 1. The van der Waals surface area contributed by atoms with E-state index in [9.17, 15) is 0 Å². The molecule has 12 rings (SSSR count). The molecule has 0 fully saturated rings. The standard InChI is InChI=1S/C53H37N3O/c1-2-13-34(14-3-1)50-54-51(56-52(55-50)40-30-37-18-10-15-33-16-11-19-38(31-40)49(33)37)39-20-12-17-35(29-39)36-27-28-46-48(32-36)57-47-26-9-8-25-45(47)53(46)43-23-6-4-21-41(43)42-22-5-7-24-44(42)53/h2,4-7,10-15,17-32H,1,3,8-9,16H2. The Labute approximate surface area is 332 Å². The van der Waals surface area contributed by atoms with Crippen LogP contribution in [0.15, 0.2) is 169 Å². The van der Waals surface area contributed by atoms with E-state index >= 15 is 0 Å². The number of benzene rings is 6. The van der Waals surface area contributed by atoms with Gasteiger partial charge in [-0.2, -0.15) is 0 Å². The van der Waals surface area contributed by atoms with Crippen LogP contribution in [-0.2, 0) is 11.8 Å². The first-order valence-electron chi connectivity index (χ1n) is 20.1. The molecule has 1 aliphatic heterocycles. The van der Waals surface area contributed by atoms with E-state index in [2.05, 4.69) is 164 Å². The van der Waals surface area contributed by atoms with Crippen LogP contribution >= 0.6 is 0 Å². The summed E-state index contributed by atoms with van der Waals surface area (Å²) >= 11 is 0. The highest BCUT2D eigenvalue weighted by Crippen LogP contribution is 2.62. The summed E-state index contributed by atoms with van der Waals surface area (Å²) in [5.41, 5.74) is 14.9. The monoisotopic (exact) mass is 731 g/mol. The first-order chi connectivity index (χ1) is 28.2. The topological polar surface area (TPSA) is 47.9 Å². The lowest BCUT2D eigenvalue weighted by Gasteiger charge is -2.42. The molecule has 0 amide bonds. The van der Waals surface area contributed by atoms with Crippen LogP contribution in [0.2, 0.25) is 0 Å². The summed E-state index contributed by atoms with van der Waals surface area (Å²) in [7, 11) is 0. The molecule has 0 bridgehead atoms. The number of rotatable bonds is 4. The Morgan fingerprint density at radius 1 is 0.509 bits per heavy atom. The third-order valence-corrected chi connectivity index (χ3v) is 12.4. The van der Waals surface area contributed by atoms with E-state index in [1.54, 1.807) is 0 Å². The lowest BCUT2D eigenvalue weighted by atomic mass is 9.64. The summed E-state index contributed by atoms with van der Waals surface area (Å²) in [6, 6.07) is 44.2. The van der Waals surface area contributed by atoms with Gasteiger partial charge in [0.15, 0.2) is 17.5 Å². The number of fused-ring (bicyclic) bond motifs is 9. The molecule has 0 unspecified atom stereocenters. The third-order valence-electron chi connectivity index (χ3n) is 12.4. The zero-order chi connectivity index (χ0) is 37.5. The molecular weight excluding hydrogens is 695 g/mol. The summed E-state index contributed by atoms with van der Waals surface area (Å²) in [6.07, 6.45) is 20.7. The zero-order valence-electron chi connectivity index (χ0n) is 31.4. The average molecular weight is 732 g/mol. The third kappa shape index (κ3) is 4.90. The van der Waals surface area contributed by atoms with E-state index in [1.807, 2.05) is 0 Å². The van der Waals surface area contributed by atoms with Gasteiger partial charge in [-0.05, 0) is 118 Å². The first-order valence-corrected chi connectivity index (χ1v) is 20.1. The Hall–Kier alpha value is -6.91. The van der Waals surface area contributed by atoms with E-state index in [0.29, 0.717) is 17.5 Å². The Bertz CT molecular complexity index is 2990. The second-order valence-electron chi connectivity index (χ2n) is 15.6. The lowest BCUT2D eigenvalue weighted by molar-refractivity contribution is 0.383. The Morgan fingerprint density at radius 2 is 1.25 bits per heavy atom. The van der Waals surface area contributed by atoms with Gasteiger partial charge in [0.2, 0.25) is 0 Å². The van der Waals surface area contributed by atoms with E-state index in [1.165, 1.54) is 55.3 Å². The lowest BCUT2D eigenvalue weighted by Crippen LogP contribution is -2.36. The largest absolute Gasteiger partial charge is 0.457 e. The van der Waals surface area contributed by atoms with E-state index in [0.717, 1.165) is 71.4 Å². The molecule has 0 saturated carbocycles. The fourth-order valence-electron chi connectivity index (χ4n) is 9.93. The second-order valence-corrected chi connectivity index (χ2v) is 15.6. The Morgan fingerprint density at radius 3 is 2.09 bits per heavy atom. The van der Waals surface area contributed by atoms with Crippen molar-refractivity contribution in [3.05, 3.63) is 203 Å². The maximum atomic E-state index is 6.88. The number of aromatic nitrogens is 3. The molecule has 0 radical (unpaired) electrons. The molecule has 5 aliphatic rings. The normalized spacial score (nSPS) is 16.5. The molecule has 4 nitrogen and oxygen atoms in total. The van der Waals surface area contributed by atoms with Gasteiger partial charge in [0.05, 0.1) is 5.41 Å². The van der Waals surface area contributed by atoms with Gasteiger partial charge in [0.1, 0.15) is 11.5 Å². The van der Waals surface area contributed by atoms with E-state index in [-0.39, 0.29) is 0 Å². The van der Waals surface area contributed by atoms with Crippen LogP contribution in [0, 0.1) is 0 Å². The van der Waals surface area contributed by atoms with Crippen LogP contribution in [0.5, 0.6) is 5.75 Å². The van der Waals surface area contributed by atoms with Gasteiger partial charge in [-0.3, -0.25) is 0 Å². The quantitative estimate of drug-likeness (QED) is 0.181. The summed E-state index contributed by atoms with van der Waals surface area (Å²) < 4.78 is 6.88. The highest BCUT2D eigenvalue weighted by Gasteiger charge is 2.52. The molecule has 1 spiro atoms. The van der Waals surface area contributed by atoms with Crippen molar-refractivity contribution in [1.29, 1.82) is 0 Å². The molecule has 0 N–H and O–H groups in total. The molecule has 4 heteroatoms. The molecule has 4 aliphatic carbocycles. The van der Waals surface area contributed by atoms with Gasteiger partial charge in [-0.25, -0.2) is 15.0 Å².